The van der Waals surface area contributed by atoms with Gasteiger partial charge >= 0.3 is 11.9 Å². The third-order valence-corrected chi connectivity index (χ3v) is 7.69. The van der Waals surface area contributed by atoms with E-state index in [0.717, 1.165) is 33.8 Å². The maximum atomic E-state index is 11.2. The zero-order chi connectivity index (χ0) is 22.1. The third kappa shape index (κ3) is 4.63. The first-order chi connectivity index (χ1) is 14.1. The molecule has 2 aromatic carbocycles. The lowest BCUT2D eigenvalue weighted by atomic mass is 9.73. The molecular weight excluding hydrogens is 514 g/mol. The Hall–Kier alpha value is -1.70. The molecule has 0 spiro atoms. The van der Waals surface area contributed by atoms with Gasteiger partial charge in [0.15, 0.2) is 0 Å². The lowest BCUT2D eigenvalue weighted by Crippen LogP contribution is -2.52. The molecule has 4 rings (SSSR count). The van der Waals surface area contributed by atoms with Crippen LogP contribution in [0.1, 0.15) is 42.0 Å². The molecule has 160 valence electrons. The molecule has 2 unspecified atom stereocenters. The zero-order valence-corrected chi connectivity index (χ0v) is 19.9. The second-order valence-electron chi connectivity index (χ2n) is 8.44. The van der Waals surface area contributed by atoms with Crippen molar-refractivity contribution in [1.82, 2.24) is 0 Å². The number of aliphatic carboxylic acids is 2. The van der Waals surface area contributed by atoms with E-state index < -0.39 is 22.9 Å². The van der Waals surface area contributed by atoms with Gasteiger partial charge in [-0.15, -0.1) is 0 Å². The van der Waals surface area contributed by atoms with Crippen LogP contribution in [0.5, 0.6) is 0 Å². The van der Waals surface area contributed by atoms with Gasteiger partial charge in [0, 0.05) is 15.4 Å². The van der Waals surface area contributed by atoms with Gasteiger partial charge in [-0.3, -0.25) is 9.59 Å². The SMILES string of the molecule is CC1(C(=O)O)CCc2c(Br)cccc2C1.NC1(C(=O)O)CCc2c(Br)cccc2C1. The molecule has 0 fully saturated rings. The van der Waals surface area contributed by atoms with Gasteiger partial charge in [-0.2, -0.15) is 0 Å². The fraction of sp³-hybridized carbons (Fsp3) is 0.391. The molecule has 2 aliphatic carbocycles. The maximum absolute atomic E-state index is 11.2. The van der Waals surface area contributed by atoms with Crippen LogP contribution in [0.2, 0.25) is 0 Å². The largest absolute Gasteiger partial charge is 0.481 e. The number of carboxylic acids is 2. The fourth-order valence-electron chi connectivity index (χ4n) is 4.15. The van der Waals surface area contributed by atoms with E-state index in [1.807, 2.05) is 43.3 Å². The summed E-state index contributed by atoms with van der Waals surface area (Å²) in [5.74, 6) is -1.60. The minimum atomic E-state index is -1.09. The summed E-state index contributed by atoms with van der Waals surface area (Å²) < 4.78 is 2.15. The van der Waals surface area contributed by atoms with E-state index in [1.165, 1.54) is 16.7 Å². The molecule has 2 aliphatic rings. The lowest BCUT2D eigenvalue weighted by molar-refractivity contribution is -0.148. The van der Waals surface area contributed by atoms with Crippen LogP contribution in [0.25, 0.3) is 0 Å². The number of carboxylic acid groups (broad SMARTS) is 2. The van der Waals surface area contributed by atoms with Crippen molar-refractivity contribution >= 4 is 43.8 Å². The van der Waals surface area contributed by atoms with Crippen LogP contribution >= 0.6 is 31.9 Å². The minimum Gasteiger partial charge on any atom is -0.481 e. The molecule has 0 amide bonds. The number of hydrogen-bond acceptors (Lipinski definition) is 3. The quantitative estimate of drug-likeness (QED) is 0.512. The first kappa shape index (κ1) is 23.0. The molecule has 0 heterocycles. The van der Waals surface area contributed by atoms with Gasteiger partial charge < -0.3 is 15.9 Å². The summed E-state index contributed by atoms with van der Waals surface area (Å²) in [7, 11) is 0. The summed E-state index contributed by atoms with van der Waals surface area (Å²) in [6.45, 7) is 1.83. The Morgan fingerprint density at radius 1 is 0.867 bits per heavy atom. The van der Waals surface area contributed by atoms with Crippen molar-refractivity contribution in [2.75, 3.05) is 0 Å². The molecule has 7 heteroatoms. The van der Waals surface area contributed by atoms with Crippen molar-refractivity contribution in [2.45, 2.75) is 51.0 Å². The van der Waals surface area contributed by atoms with Crippen LogP contribution in [-0.2, 0) is 35.3 Å². The summed E-state index contributed by atoms with van der Waals surface area (Å²) in [4.78, 5) is 22.2. The van der Waals surface area contributed by atoms with Crippen molar-refractivity contribution in [1.29, 1.82) is 0 Å². The summed E-state index contributed by atoms with van der Waals surface area (Å²) >= 11 is 6.98. The first-order valence-electron chi connectivity index (χ1n) is 9.84. The van der Waals surface area contributed by atoms with Gasteiger partial charge in [0.25, 0.3) is 0 Å². The average molecular weight is 539 g/mol. The van der Waals surface area contributed by atoms with Crippen molar-refractivity contribution < 1.29 is 19.8 Å². The maximum Gasteiger partial charge on any atom is 0.324 e. The van der Waals surface area contributed by atoms with E-state index in [9.17, 15) is 14.7 Å². The number of carbonyl (C=O) groups is 2. The van der Waals surface area contributed by atoms with Crippen LogP contribution in [0.3, 0.4) is 0 Å². The van der Waals surface area contributed by atoms with E-state index in [2.05, 4.69) is 31.9 Å². The third-order valence-electron chi connectivity index (χ3n) is 6.21. The molecular formula is C23H25Br2NO4. The number of hydrogen-bond donors (Lipinski definition) is 3. The molecule has 30 heavy (non-hydrogen) atoms. The minimum absolute atomic E-state index is 0.414. The Labute approximate surface area is 192 Å². The predicted molar refractivity (Wildman–Crippen MR) is 123 cm³/mol. The Kier molecular flexibility index (Phi) is 6.75. The van der Waals surface area contributed by atoms with Gasteiger partial charge in [0.2, 0.25) is 0 Å². The molecule has 4 N–H and O–H groups in total. The van der Waals surface area contributed by atoms with Crippen LogP contribution in [0.15, 0.2) is 45.3 Å². The lowest BCUT2D eigenvalue weighted by Gasteiger charge is -2.31. The van der Waals surface area contributed by atoms with Crippen molar-refractivity contribution in [2.24, 2.45) is 11.1 Å². The summed E-state index contributed by atoms with van der Waals surface area (Å²) in [6, 6.07) is 11.8. The Morgan fingerprint density at radius 2 is 1.37 bits per heavy atom. The smallest absolute Gasteiger partial charge is 0.324 e. The molecule has 2 atom stereocenters. The predicted octanol–water partition coefficient (Wildman–Crippen LogP) is 4.75. The number of benzene rings is 2. The Bertz CT molecular complexity index is 914. The highest BCUT2D eigenvalue weighted by molar-refractivity contribution is 9.10. The molecule has 0 bridgehead atoms. The van der Waals surface area contributed by atoms with Crippen LogP contribution in [0, 0.1) is 5.41 Å². The number of rotatable bonds is 2. The van der Waals surface area contributed by atoms with Crippen molar-refractivity contribution in [3.05, 3.63) is 67.6 Å². The standard InChI is InChI=1S/C12H13BrO2.C11H12BrNO2/c1-12(11(14)15)6-5-9-8(7-12)3-2-4-10(9)13;12-9-3-1-2-7-6-11(13,10(14)15)5-4-8(7)9/h2-4H,5-7H2,1H3,(H,14,15);1-3H,4-6,13H2,(H,14,15). The number of halogens is 2. The summed E-state index contributed by atoms with van der Waals surface area (Å²) in [6.07, 6.45) is 3.84. The van der Waals surface area contributed by atoms with E-state index in [1.54, 1.807) is 0 Å². The first-order valence-corrected chi connectivity index (χ1v) is 11.4. The molecule has 0 saturated heterocycles. The second kappa shape index (κ2) is 8.81. The summed E-state index contributed by atoms with van der Waals surface area (Å²) in [5.41, 5.74) is 8.85. The molecule has 0 aromatic heterocycles. The monoisotopic (exact) mass is 537 g/mol. The molecule has 2 aromatic rings. The molecule has 0 aliphatic heterocycles. The van der Waals surface area contributed by atoms with Gasteiger partial charge in [-0.1, -0.05) is 56.1 Å². The van der Waals surface area contributed by atoms with Gasteiger partial charge in [0.05, 0.1) is 5.41 Å². The highest BCUT2D eigenvalue weighted by Gasteiger charge is 2.38. The van der Waals surface area contributed by atoms with Crippen LogP contribution < -0.4 is 5.73 Å². The van der Waals surface area contributed by atoms with Crippen molar-refractivity contribution in [3.8, 4) is 0 Å². The van der Waals surface area contributed by atoms with Crippen LogP contribution in [0.4, 0.5) is 0 Å². The molecule has 0 radical (unpaired) electrons. The number of fused-ring (bicyclic) bond motifs is 2. The van der Waals surface area contributed by atoms with Gasteiger partial charge in [0.1, 0.15) is 5.54 Å². The Balaban J connectivity index is 0.000000171. The highest BCUT2D eigenvalue weighted by atomic mass is 79.9. The number of nitrogens with two attached hydrogens (primary N) is 1. The molecule has 0 saturated carbocycles. The van der Waals surface area contributed by atoms with Gasteiger partial charge in [-0.05, 0) is 73.4 Å². The van der Waals surface area contributed by atoms with E-state index in [4.69, 9.17) is 10.8 Å². The topological polar surface area (TPSA) is 101 Å². The average Bonchev–Trinajstić information content (AvgIpc) is 2.68. The molecule has 5 nitrogen and oxygen atoms in total. The second-order valence-corrected chi connectivity index (χ2v) is 10.1. The Morgan fingerprint density at radius 3 is 1.87 bits per heavy atom. The van der Waals surface area contributed by atoms with E-state index in [-0.39, 0.29) is 0 Å². The highest BCUT2D eigenvalue weighted by Crippen LogP contribution is 2.38. The fourth-order valence-corrected chi connectivity index (χ4v) is 5.36. The van der Waals surface area contributed by atoms with E-state index >= 15 is 0 Å². The van der Waals surface area contributed by atoms with Gasteiger partial charge in [-0.25, -0.2) is 0 Å². The van der Waals surface area contributed by atoms with Crippen LogP contribution in [-0.4, -0.2) is 27.7 Å². The van der Waals surface area contributed by atoms with E-state index in [0.29, 0.717) is 19.3 Å². The summed E-state index contributed by atoms with van der Waals surface area (Å²) in [5, 5.41) is 18.2. The zero-order valence-electron chi connectivity index (χ0n) is 16.8. The van der Waals surface area contributed by atoms with Crippen molar-refractivity contribution in [3.63, 3.8) is 0 Å². The normalized spacial score (nSPS) is 24.7.